The molecule has 9 heteroatoms. The number of alkyl halides is 3. The zero-order chi connectivity index (χ0) is 17.3. The van der Waals surface area contributed by atoms with Gasteiger partial charge in [0.1, 0.15) is 0 Å². The molecule has 0 aromatic rings. The van der Waals surface area contributed by atoms with Crippen molar-refractivity contribution in [2.45, 2.75) is 45.8 Å². The number of hydrogen-bond donors (Lipinski definition) is 0. The third-order valence-corrected chi connectivity index (χ3v) is 6.34. The number of halogens is 3. The molecule has 0 unspecified atom stereocenters. The Labute approximate surface area is 129 Å². The summed E-state index contributed by atoms with van der Waals surface area (Å²) >= 11 is 0. The Bertz CT molecular complexity index is 540. The molecule has 1 rings (SSSR count). The quantitative estimate of drug-likeness (QED) is 0.788. The van der Waals surface area contributed by atoms with E-state index in [1.807, 2.05) is 6.07 Å². The van der Waals surface area contributed by atoms with E-state index >= 15 is 0 Å². The maximum Gasteiger partial charge on any atom is 0.392 e. The molecule has 1 fully saturated rings. The Morgan fingerprint density at radius 1 is 1.45 bits per heavy atom. The van der Waals surface area contributed by atoms with Gasteiger partial charge in [-0.3, -0.25) is 0 Å². The standard InChI is InChI=1S/C13H22F3N3O2S/c1-10(5-7-17)18(4)22(20,21)19-8-6-11(13(14,15)16)12(2,3)9-19/h10-11H,5-6,8-9H2,1-4H3/t10-,11-/m1/s1. The van der Waals surface area contributed by atoms with Gasteiger partial charge in [0, 0.05) is 26.2 Å². The van der Waals surface area contributed by atoms with Crippen LogP contribution in [0.2, 0.25) is 0 Å². The average molecular weight is 341 g/mol. The molecule has 0 amide bonds. The average Bonchev–Trinajstić information content (AvgIpc) is 2.35. The minimum absolute atomic E-state index is 0.0259. The number of nitriles is 1. The van der Waals surface area contributed by atoms with Crippen molar-refractivity contribution in [2.24, 2.45) is 11.3 Å². The van der Waals surface area contributed by atoms with Crippen molar-refractivity contribution in [3.63, 3.8) is 0 Å². The van der Waals surface area contributed by atoms with E-state index in [4.69, 9.17) is 5.26 Å². The minimum Gasteiger partial charge on any atom is -0.198 e. The number of piperidine rings is 1. The van der Waals surface area contributed by atoms with Crippen LogP contribution in [-0.4, -0.2) is 49.4 Å². The van der Waals surface area contributed by atoms with Crippen molar-refractivity contribution in [3.8, 4) is 6.07 Å². The molecule has 0 aliphatic carbocycles. The molecule has 1 saturated heterocycles. The first-order chi connectivity index (χ1) is 9.84. The fourth-order valence-corrected chi connectivity index (χ4v) is 4.51. The third kappa shape index (κ3) is 3.91. The minimum atomic E-state index is -4.33. The first-order valence-corrected chi connectivity index (χ1v) is 8.40. The lowest BCUT2D eigenvalue weighted by Crippen LogP contribution is -2.55. The molecule has 0 bridgehead atoms. The van der Waals surface area contributed by atoms with Crippen LogP contribution in [0.4, 0.5) is 13.2 Å². The molecule has 0 spiro atoms. The predicted molar refractivity (Wildman–Crippen MR) is 75.9 cm³/mol. The van der Waals surface area contributed by atoms with E-state index in [0.29, 0.717) is 0 Å². The van der Waals surface area contributed by atoms with Gasteiger partial charge in [0.15, 0.2) is 0 Å². The lowest BCUT2D eigenvalue weighted by molar-refractivity contribution is -0.213. The molecule has 0 N–H and O–H groups in total. The summed E-state index contributed by atoms with van der Waals surface area (Å²) < 4.78 is 66.3. The Morgan fingerprint density at radius 2 is 2.00 bits per heavy atom. The molecule has 1 heterocycles. The lowest BCUT2D eigenvalue weighted by atomic mass is 9.74. The van der Waals surface area contributed by atoms with Crippen LogP contribution in [0.3, 0.4) is 0 Å². The van der Waals surface area contributed by atoms with Crippen molar-refractivity contribution in [2.75, 3.05) is 20.1 Å². The van der Waals surface area contributed by atoms with Gasteiger partial charge in [-0.05, 0) is 18.8 Å². The second-order valence-electron chi connectivity index (χ2n) is 6.44. The third-order valence-electron chi connectivity index (χ3n) is 4.29. The van der Waals surface area contributed by atoms with Gasteiger partial charge < -0.3 is 0 Å². The summed E-state index contributed by atoms with van der Waals surface area (Å²) in [7, 11) is -2.53. The van der Waals surface area contributed by atoms with Crippen LogP contribution in [0.15, 0.2) is 0 Å². The fourth-order valence-electron chi connectivity index (χ4n) is 2.78. The van der Waals surface area contributed by atoms with Crippen LogP contribution in [-0.2, 0) is 10.2 Å². The molecular formula is C13H22F3N3O2S. The maximum absolute atomic E-state index is 13.0. The van der Waals surface area contributed by atoms with Crippen LogP contribution in [0.5, 0.6) is 0 Å². The number of hydrogen-bond acceptors (Lipinski definition) is 3. The van der Waals surface area contributed by atoms with Crippen LogP contribution in [0, 0.1) is 22.7 Å². The summed E-state index contributed by atoms with van der Waals surface area (Å²) in [6, 6.07) is 1.36. The molecule has 5 nitrogen and oxygen atoms in total. The second-order valence-corrected chi connectivity index (χ2v) is 8.43. The Hall–Kier alpha value is -0.850. The van der Waals surface area contributed by atoms with E-state index < -0.39 is 33.8 Å². The van der Waals surface area contributed by atoms with Crippen LogP contribution in [0.1, 0.15) is 33.6 Å². The maximum atomic E-state index is 13.0. The van der Waals surface area contributed by atoms with E-state index in [1.54, 1.807) is 6.92 Å². The highest BCUT2D eigenvalue weighted by atomic mass is 32.2. The van der Waals surface area contributed by atoms with E-state index in [9.17, 15) is 21.6 Å². The molecule has 0 saturated carbocycles. The van der Waals surface area contributed by atoms with Crippen molar-refractivity contribution >= 4 is 10.2 Å². The second kappa shape index (κ2) is 6.34. The number of rotatable bonds is 4. The van der Waals surface area contributed by atoms with E-state index in [0.717, 1.165) is 8.61 Å². The van der Waals surface area contributed by atoms with E-state index in [-0.39, 0.29) is 25.9 Å². The Balaban J connectivity index is 2.95. The Kier molecular flexibility index (Phi) is 5.53. The predicted octanol–water partition coefficient (Wildman–Crippen LogP) is 2.38. The fraction of sp³-hybridized carbons (Fsp3) is 0.923. The largest absolute Gasteiger partial charge is 0.392 e. The summed E-state index contributed by atoms with van der Waals surface area (Å²) in [5.74, 6) is -1.52. The van der Waals surface area contributed by atoms with Crippen molar-refractivity contribution in [3.05, 3.63) is 0 Å². The van der Waals surface area contributed by atoms with E-state index in [2.05, 4.69) is 0 Å². The summed E-state index contributed by atoms with van der Waals surface area (Å²) in [6.07, 6.45) is -4.56. The molecule has 0 aromatic carbocycles. The van der Waals surface area contributed by atoms with Crippen LogP contribution in [0.25, 0.3) is 0 Å². The SMILES string of the molecule is C[C@H](CC#N)N(C)S(=O)(=O)N1CC[C@@H](C(F)(F)F)C(C)(C)C1. The van der Waals surface area contributed by atoms with Crippen LogP contribution < -0.4 is 0 Å². The lowest BCUT2D eigenvalue weighted by Gasteiger charge is -2.45. The van der Waals surface area contributed by atoms with E-state index in [1.165, 1.54) is 20.9 Å². The van der Waals surface area contributed by atoms with Gasteiger partial charge in [0.2, 0.25) is 0 Å². The highest BCUT2D eigenvalue weighted by Crippen LogP contribution is 2.45. The van der Waals surface area contributed by atoms with Crippen LogP contribution >= 0.6 is 0 Å². The first kappa shape index (κ1) is 19.2. The highest BCUT2D eigenvalue weighted by Gasteiger charge is 2.53. The molecule has 1 aliphatic rings. The Morgan fingerprint density at radius 3 is 2.41 bits per heavy atom. The molecule has 128 valence electrons. The van der Waals surface area contributed by atoms with Crippen molar-refractivity contribution in [1.82, 2.24) is 8.61 Å². The summed E-state index contributed by atoms with van der Waals surface area (Å²) in [5.41, 5.74) is -1.19. The van der Waals surface area contributed by atoms with Gasteiger partial charge in [-0.15, -0.1) is 0 Å². The topological polar surface area (TPSA) is 64.4 Å². The normalized spacial score (nSPS) is 25.0. The summed E-state index contributed by atoms with van der Waals surface area (Å²) in [5, 5.41) is 8.66. The van der Waals surface area contributed by atoms with Crippen molar-refractivity contribution < 1.29 is 21.6 Å². The molecule has 1 aliphatic heterocycles. The first-order valence-electron chi connectivity index (χ1n) is 7.01. The molecule has 0 radical (unpaired) electrons. The van der Waals surface area contributed by atoms with Gasteiger partial charge >= 0.3 is 6.18 Å². The number of nitrogens with zero attached hydrogens (tertiary/aromatic N) is 3. The molecular weight excluding hydrogens is 319 g/mol. The van der Waals surface area contributed by atoms with Gasteiger partial charge in [-0.25, -0.2) is 0 Å². The van der Waals surface area contributed by atoms with Gasteiger partial charge in [-0.2, -0.15) is 35.5 Å². The summed E-state index contributed by atoms with van der Waals surface area (Å²) in [4.78, 5) is 0. The molecule has 0 aromatic heterocycles. The highest BCUT2D eigenvalue weighted by molar-refractivity contribution is 7.86. The molecule has 2 atom stereocenters. The monoisotopic (exact) mass is 341 g/mol. The van der Waals surface area contributed by atoms with Gasteiger partial charge in [0.25, 0.3) is 10.2 Å². The van der Waals surface area contributed by atoms with Gasteiger partial charge in [-0.1, -0.05) is 13.8 Å². The molecule has 22 heavy (non-hydrogen) atoms. The van der Waals surface area contributed by atoms with Gasteiger partial charge in [0.05, 0.1) is 18.4 Å². The smallest absolute Gasteiger partial charge is 0.198 e. The zero-order valence-electron chi connectivity index (χ0n) is 13.2. The zero-order valence-corrected chi connectivity index (χ0v) is 14.0. The summed E-state index contributed by atoms with van der Waals surface area (Å²) in [6.45, 7) is 4.11. The van der Waals surface area contributed by atoms with Crippen molar-refractivity contribution in [1.29, 1.82) is 5.26 Å².